The zero-order valence-electron chi connectivity index (χ0n) is 7.53. The molecule has 0 fully saturated rings. The summed E-state index contributed by atoms with van der Waals surface area (Å²) < 4.78 is 10.2. The number of phenolic OH excluding ortho intramolecular Hbond substituents is 1. The van der Waals surface area contributed by atoms with E-state index in [0.717, 1.165) is 5.56 Å². The molecular formula is C9H11NO4. The second kappa shape index (κ2) is 3.73. The van der Waals surface area contributed by atoms with E-state index in [2.05, 4.69) is 4.84 Å². The Hall–Kier alpha value is -1.46. The molecule has 0 aliphatic carbocycles. The number of benzene rings is 1. The molecule has 76 valence electrons. The van der Waals surface area contributed by atoms with Gasteiger partial charge in [0.25, 0.3) is 0 Å². The van der Waals surface area contributed by atoms with Crippen LogP contribution in [0.2, 0.25) is 0 Å². The Balaban J connectivity index is 2.26. The van der Waals surface area contributed by atoms with E-state index >= 15 is 0 Å². The Morgan fingerprint density at radius 2 is 2.29 bits per heavy atom. The number of fused-ring (bicyclic) bond motifs is 1. The summed E-state index contributed by atoms with van der Waals surface area (Å²) in [4.78, 5) is 4.44. The van der Waals surface area contributed by atoms with Crippen LogP contribution in [0.5, 0.6) is 17.2 Å². The Morgan fingerprint density at radius 1 is 1.43 bits per heavy atom. The Bertz CT molecular complexity index is 340. The van der Waals surface area contributed by atoms with Crippen molar-refractivity contribution in [2.24, 2.45) is 5.90 Å². The van der Waals surface area contributed by atoms with Crippen molar-refractivity contribution in [3.05, 3.63) is 17.7 Å². The average Bonchev–Trinajstić information content (AvgIpc) is 2.66. The molecule has 0 saturated carbocycles. The first-order chi connectivity index (χ1) is 6.83. The molecule has 14 heavy (non-hydrogen) atoms. The zero-order valence-corrected chi connectivity index (χ0v) is 7.53. The van der Waals surface area contributed by atoms with Crippen molar-refractivity contribution in [1.29, 1.82) is 0 Å². The van der Waals surface area contributed by atoms with Crippen molar-refractivity contribution in [3.8, 4) is 17.2 Å². The molecule has 0 saturated heterocycles. The molecule has 1 heterocycles. The minimum atomic E-state index is 0.108. The van der Waals surface area contributed by atoms with Crippen molar-refractivity contribution in [2.45, 2.75) is 6.42 Å². The SMILES string of the molecule is NOCCc1ccc2c(c1O)OCO2. The van der Waals surface area contributed by atoms with Gasteiger partial charge in [-0.2, -0.15) is 0 Å². The molecular weight excluding hydrogens is 186 g/mol. The fraction of sp³-hybridized carbons (Fsp3) is 0.333. The summed E-state index contributed by atoms with van der Waals surface area (Å²) >= 11 is 0. The zero-order chi connectivity index (χ0) is 9.97. The van der Waals surface area contributed by atoms with Crippen molar-refractivity contribution < 1.29 is 19.4 Å². The van der Waals surface area contributed by atoms with E-state index in [9.17, 15) is 5.11 Å². The molecule has 1 aromatic rings. The number of aromatic hydroxyl groups is 1. The molecule has 0 unspecified atom stereocenters. The van der Waals surface area contributed by atoms with Gasteiger partial charge in [0.1, 0.15) is 0 Å². The third-order valence-electron chi connectivity index (χ3n) is 2.09. The summed E-state index contributed by atoms with van der Waals surface area (Å²) in [6.45, 7) is 0.507. The van der Waals surface area contributed by atoms with Crippen molar-refractivity contribution in [3.63, 3.8) is 0 Å². The molecule has 3 N–H and O–H groups in total. The van der Waals surface area contributed by atoms with Gasteiger partial charge < -0.3 is 19.4 Å². The molecule has 0 amide bonds. The van der Waals surface area contributed by atoms with E-state index in [1.807, 2.05) is 0 Å². The fourth-order valence-corrected chi connectivity index (χ4v) is 1.37. The van der Waals surface area contributed by atoms with Crippen LogP contribution in [0.1, 0.15) is 5.56 Å². The van der Waals surface area contributed by atoms with Gasteiger partial charge in [0.2, 0.25) is 12.5 Å². The molecule has 0 bridgehead atoms. The average molecular weight is 197 g/mol. The Morgan fingerprint density at radius 3 is 3.07 bits per heavy atom. The summed E-state index contributed by atoms with van der Waals surface area (Å²) in [6, 6.07) is 3.52. The van der Waals surface area contributed by atoms with E-state index in [-0.39, 0.29) is 12.5 Å². The highest BCUT2D eigenvalue weighted by Crippen LogP contribution is 2.42. The Kier molecular flexibility index (Phi) is 2.43. The number of hydrogen-bond acceptors (Lipinski definition) is 5. The lowest BCUT2D eigenvalue weighted by atomic mass is 10.1. The molecule has 5 heteroatoms. The third-order valence-corrected chi connectivity index (χ3v) is 2.09. The van der Waals surface area contributed by atoms with Crippen LogP contribution in [0.25, 0.3) is 0 Å². The lowest BCUT2D eigenvalue weighted by molar-refractivity contribution is 0.140. The normalized spacial score (nSPS) is 13.2. The monoisotopic (exact) mass is 197 g/mol. The fourth-order valence-electron chi connectivity index (χ4n) is 1.37. The summed E-state index contributed by atoms with van der Waals surface area (Å²) in [6.07, 6.45) is 0.541. The quantitative estimate of drug-likeness (QED) is 0.692. The largest absolute Gasteiger partial charge is 0.504 e. The summed E-state index contributed by atoms with van der Waals surface area (Å²) in [7, 11) is 0. The highest BCUT2D eigenvalue weighted by atomic mass is 16.7. The maximum atomic E-state index is 9.73. The first kappa shape index (κ1) is 9.11. The van der Waals surface area contributed by atoms with Crippen LogP contribution in [-0.2, 0) is 11.3 Å². The second-order valence-electron chi connectivity index (χ2n) is 2.93. The number of hydrogen-bond donors (Lipinski definition) is 2. The molecule has 1 aromatic carbocycles. The van der Waals surface area contributed by atoms with Crippen LogP contribution < -0.4 is 15.4 Å². The van der Waals surface area contributed by atoms with E-state index < -0.39 is 0 Å². The molecule has 2 rings (SSSR count). The maximum Gasteiger partial charge on any atom is 0.231 e. The number of ether oxygens (including phenoxy) is 2. The van der Waals surface area contributed by atoms with Crippen LogP contribution in [0.15, 0.2) is 12.1 Å². The van der Waals surface area contributed by atoms with Gasteiger partial charge in [-0.15, -0.1) is 0 Å². The summed E-state index contributed by atoms with van der Waals surface area (Å²) in [5.41, 5.74) is 0.736. The second-order valence-corrected chi connectivity index (χ2v) is 2.93. The van der Waals surface area contributed by atoms with Crippen LogP contribution in [0, 0.1) is 0 Å². The topological polar surface area (TPSA) is 73.9 Å². The third kappa shape index (κ3) is 1.47. The molecule has 0 radical (unpaired) electrons. The van der Waals surface area contributed by atoms with Gasteiger partial charge in [-0.3, -0.25) is 0 Å². The smallest absolute Gasteiger partial charge is 0.231 e. The van der Waals surface area contributed by atoms with Gasteiger partial charge in [0.05, 0.1) is 6.61 Å². The van der Waals surface area contributed by atoms with E-state index in [1.165, 1.54) is 0 Å². The Labute approximate surface area is 80.9 Å². The maximum absolute atomic E-state index is 9.73. The van der Waals surface area contributed by atoms with Crippen molar-refractivity contribution in [2.75, 3.05) is 13.4 Å². The standard InChI is InChI=1S/C9H11NO4/c10-14-4-3-6-1-2-7-9(8(6)11)13-5-12-7/h1-2,11H,3-5,10H2. The number of rotatable bonds is 3. The molecule has 5 nitrogen and oxygen atoms in total. The van der Waals surface area contributed by atoms with Crippen molar-refractivity contribution in [1.82, 2.24) is 0 Å². The first-order valence-corrected chi connectivity index (χ1v) is 4.25. The van der Waals surface area contributed by atoms with Crippen LogP contribution in [0.3, 0.4) is 0 Å². The predicted molar refractivity (Wildman–Crippen MR) is 48.1 cm³/mol. The minimum absolute atomic E-state index is 0.108. The minimum Gasteiger partial charge on any atom is -0.504 e. The molecule has 0 spiro atoms. The molecule has 1 aliphatic rings. The first-order valence-electron chi connectivity index (χ1n) is 4.25. The lowest BCUT2D eigenvalue weighted by Crippen LogP contribution is -2.03. The van der Waals surface area contributed by atoms with E-state index in [1.54, 1.807) is 12.1 Å². The van der Waals surface area contributed by atoms with Gasteiger partial charge >= 0.3 is 0 Å². The van der Waals surface area contributed by atoms with Gasteiger partial charge in [-0.05, 0) is 6.07 Å². The van der Waals surface area contributed by atoms with Crippen molar-refractivity contribution >= 4 is 0 Å². The molecule has 1 aliphatic heterocycles. The van der Waals surface area contributed by atoms with E-state index in [0.29, 0.717) is 24.5 Å². The van der Waals surface area contributed by atoms with Gasteiger partial charge in [0, 0.05) is 12.0 Å². The van der Waals surface area contributed by atoms with Gasteiger partial charge in [-0.25, -0.2) is 5.90 Å². The number of nitrogens with two attached hydrogens (primary N) is 1. The highest BCUT2D eigenvalue weighted by molar-refractivity contribution is 5.56. The lowest BCUT2D eigenvalue weighted by Gasteiger charge is -2.05. The summed E-state index contributed by atoms with van der Waals surface area (Å²) in [5.74, 6) is 5.98. The van der Waals surface area contributed by atoms with Crippen LogP contribution in [-0.4, -0.2) is 18.5 Å². The predicted octanol–water partition coefficient (Wildman–Crippen LogP) is 0.554. The van der Waals surface area contributed by atoms with Crippen LogP contribution >= 0.6 is 0 Å². The highest BCUT2D eigenvalue weighted by Gasteiger charge is 2.19. The van der Waals surface area contributed by atoms with Crippen LogP contribution in [0.4, 0.5) is 0 Å². The van der Waals surface area contributed by atoms with Gasteiger partial charge in [-0.1, -0.05) is 6.07 Å². The summed E-state index contributed by atoms with van der Waals surface area (Å²) in [5, 5.41) is 9.73. The van der Waals surface area contributed by atoms with Gasteiger partial charge in [0.15, 0.2) is 11.5 Å². The molecule has 0 atom stereocenters. The van der Waals surface area contributed by atoms with E-state index in [4.69, 9.17) is 15.4 Å². The molecule has 0 aromatic heterocycles. The number of phenols is 1.